The van der Waals surface area contributed by atoms with Gasteiger partial charge in [0.1, 0.15) is 11.5 Å². The summed E-state index contributed by atoms with van der Waals surface area (Å²) in [6.07, 6.45) is -1.48. The molecule has 0 radical (unpaired) electrons. The summed E-state index contributed by atoms with van der Waals surface area (Å²) in [5.41, 5.74) is 0.323. The number of nitrogens with one attached hydrogen (secondary N) is 1. The zero-order chi connectivity index (χ0) is 25.3. The third kappa shape index (κ3) is 5.24. The number of halogens is 3. The molecule has 0 spiro atoms. The Morgan fingerprint density at radius 3 is 2.54 bits per heavy atom. The topological polar surface area (TPSA) is 111 Å². The first-order chi connectivity index (χ1) is 16.5. The maximum atomic E-state index is 13.8. The Labute approximate surface area is 199 Å². The van der Waals surface area contributed by atoms with Crippen molar-refractivity contribution in [1.29, 1.82) is 0 Å². The largest absolute Gasteiger partial charge is 0.434 e. The van der Waals surface area contributed by atoms with E-state index in [-0.39, 0.29) is 41.9 Å². The molecule has 1 aliphatic rings. The minimum atomic E-state index is -4.58. The molecule has 13 heteroatoms. The SMILES string of the molecule is Cc1ccc(-n2nccn2)c(C(=O)N2C[C@@H](C)O[C@@H](C)[C@H]2CNc2ncc(C(F)(F)F)nc2C)n1. The summed E-state index contributed by atoms with van der Waals surface area (Å²) in [6, 6.07) is 3.05. The van der Waals surface area contributed by atoms with Gasteiger partial charge in [0.05, 0.1) is 42.5 Å². The van der Waals surface area contributed by atoms with E-state index in [4.69, 9.17) is 4.74 Å². The minimum Gasteiger partial charge on any atom is -0.372 e. The highest BCUT2D eigenvalue weighted by molar-refractivity contribution is 5.96. The van der Waals surface area contributed by atoms with Crippen LogP contribution in [0.1, 0.15) is 41.4 Å². The summed E-state index contributed by atoms with van der Waals surface area (Å²) in [6.45, 7) is 7.42. The van der Waals surface area contributed by atoms with Crippen LogP contribution in [-0.4, -0.2) is 72.1 Å². The molecule has 186 valence electrons. The lowest BCUT2D eigenvalue weighted by molar-refractivity contribution is -0.141. The molecule has 0 bridgehead atoms. The van der Waals surface area contributed by atoms with E-state index in [1.54, 1.807) is 24.0 Å². The van der Waals surface area contributed by atoms with Crippen LogP contribution in [0, 0.1) is 13.8 Å². The molecule has 10 nitrogen and oxygen atoms in total. The molecule has 35 heavy (non-hydrogen) atoms. The van der Waals surface area contributed by atoms with Gasteiger partial charge in [0.2, 0.25) is 0 Å². The van der Waals surface area contributed by atoms with Gasteiger partial charge in [-0.2, -0.15) is 23.4 Å². The van der Waals surface area contributed by atoms with E-state index in [2.05, 4.69) is 30.5 Å². The molecule has 1 aliphatic heterocycles. The molecule has 1 N–H and O–H groups in total. The van der Waals surface area contributed by atoms with Gasteiger partial charge in [0, 0.05) is 18.8 Å². The molecule has 1 fully saturated rings. The maximum Gasteiger partial charge on any atom is 0.434 e. The average molecular weight is 490 g/mol. The van der Waals surface area contributed by atoms with Crippen molar-refractivity contribution >= 4 is 11.7 Å². The summed E-state index contributed by atoms with van der Waals surface area (Å²) >= 11 is 0. The van der Waals surface area contributed by atoms with E-state index in [0.29, 0.717) is 24.1 Å². The Morgan fingerprint density at radius 1 is 1.17 bits per heavy atom. The van der Waals surface area contributed by atoms with Crippen molar-refractivity contribution in [1.82, 2.24) is 34.8 Å². The van der Waals surface area contributed by atoms with Crippen LogP contribution in [0.5, 0.6) is 0 Å². The molecule has 3 aromatic heterocycles. The second-order valence-corrected chi connectivity index (χ2v) is 8.38. The number of morpholine rings is 1. The van der Waals surface area contributed by atoms with Crippen LogP contribution in [0.4, 0.5) is 19.0 Å². The number of anilines is 1. The second kappa shape index (κ2) is 9.56. The predicted octanol–water partition coefficient (Wildman–Crippen LogP) is 2.82. The van der Waals surface area contributed by atoms with Gasteiger partial charge in [-0.05, 0) is 39.8 Å². The van der Waals surface area contributed by atoms with Crippen molar-refractivity contribution in [2.45, 2.75) is 52.1 Å². The van der Waals surface area contributed by atoms with Crippen molar-refractivity contribution in [3.63, 3.8) is 0 Å². The Balaban J connectivity index is 1.61. The highest BCUT2D eigenvalue weighted by Gasteiger charge is 2.38. The maximum absolute atomic E-state index is 13.8. The van der Waals surface area contributed by atoms with Gasteiger partial charge in [0.15, 0.2) is 11.4 Å². The van der Waals surface area contributed by atoms with E-state index in [1.165, 1.54) is 24.1 Å². The third-order valence-corrected chi connectivity index (χ3v) is 5.67. The van der Waals surface area contributed by atoms with Crippen LogP contribution >= 0.6 is 0 Å². The molecule has 0 aliphatic carbocycles. The number of carbonyl (C=O) groups is 1. The monoisotopic (exact) mass is 490 g/mol. The Morgan fingerprint density at radius 2 is 1.89 bits per heavy atom. The van der Waals surface area contributed by atoms with Gasteiger partial charge >= 0.3 is 6.18 Å². The van der Waals surface area contributed by atoms with Crippen molar-refractivity contribution < 1.29 is 22.7 Å². The molecule has 4 heterocycles. The Bertz CT molecular complexity index is 1200. The van der Waals surface area contributed by atoms with E-state index >= 15 is 0 Å². The Hall–Kier alpha value is -3.61. The van der Waals surface area contributed by atoms with Crippen LogP contribution in [0.3, 0.4) is 0 Å². The molecule has 0 saturated carbocycles. The van der Waals surface area contributed by atoms with Crippen molar-refractivity contribution in [3.8, 4) is 5.69 Å². The summed E-state index contributed by atoms with van der Waals surface area (Å²) in [4.78, 5) is 28.7. The fraction of sp³-hybridized carbons (Fsp3) is 0.455. The van der Waals surface area contributed by atoms with Crippen LogP contribution < -0.4 is 5.32 Å². The predicted molar refractivity (Wildman–Crippen MR) is 119 cm³/mol. The smallest absolute Gasteiger partial charge is 0.372 e. The third-order valence-electron chi connectivity index (χ3n) is 5.67. The lowest BCUT2D eigenvalue weighted by Crippen LogP contribution is -2.58. The molecule has 4 rings (SSSR count). The first-order valence-electron chi connectivity index (χ1n) is 11.0. The lowest BCUT2D eigenvalue weighted by atomic mass is 10.0. The number of ether oxygens (including phenoxy) is 1. The number of aryl methyl sites for hydroxylation is 2. The fourth-order valence-electron chi connectivity index (χ4n) is 4.01. The molecule has 3 aromatic rings. The molecule has 3 atom stereocenters. The van der Waals surface area contributed by atoms with E-state index in [0.717, 1.165) is 0 Å². The first-order valence-corrected chi connectivity index (χ1v) is 11.0. The zero-order valence-electron chi connectivity index (χ0n) is 19.6. The van der Waals surface area contributed by atoms with E-state index in [1.807, 2.05) is 13.8 Å². The van der Waals surface area contributed by atoms with Crippen LogP contribution in [0.2, 0.25) is 0 Å². The van der Waals surface area contributed by atoms with Gasteiger partial charge in [-0.25, -0.2) is 15.0 Å². The number of carbonyl (C=O) groups excluding carboxylic acids is 1. The summed E-state index contributed by atoms with van der Waals surface area (Å²) in [7, 11) is 0. The Kier molecular flexibility index (Phi) is 6.70. The van der Waals surface area contributed by atoms with Crippen LogP contribution in [0.25, 0.3) is 5.69 Å². The lowest BCUT2D eigenvalue weighted by Gasteiger charge is -2.43. The molecular formula is C22H25F3N8O2. The molecular weight excluding hydrogens is 465 g/mol. The molecule has 0 aromatic carbocycles. The van der Waals surface area contributed by atoms with Gasteiger partial charge in [-0.3, -0.25) is 4.79 Å². The number of nitrogens with zero attached hydrogens (tertiary/aromatic N) is 7. The minimum absolute atomic E-state index is 0.0999. The van der Waals surface area contributed by atoms with Crippen LogP contribution in [0.15, 0.2) is 30.7 Å². The zero-order valence-corrected chi connectivity index (χ0v) is 19.6. The first kappa shape index (κ1) is 24.5. The number of hydrogen-bond donors (Lipinski definition) is 1. The van der Waals surface area contributed by atoms with Crippen molar-refractivity contribution in [2.24, 2.45) is 0 Å². The molecule has 0 unspecified atom stereocenters. The number of rotatable bonds is 5. The van der Waals surface area contributed by atoms with Crippen molar-refractivity contribution in [3.05, 3.63) is 53.5 Å². The highest BCUT2D eigenvalue weighted by Crippen LogP contribution is 2.28. The standard InChI is InChI=1S/C22H25F3N8O2/c1-12-5-6-16(33-28-7-8-29-33)19(30-12)21(34)32-11-13(2)35-15(4)17(32)9-26-20-14(3)31-18(10-27-20)22(23,24)25/h5-8,10,13,15,17H,9,11H2,1-4H3,(H,26,27)/t13-,15+,17-/m1/s1. The quantitative estimate of drug-likeness (QED) is 0.581. The number of alkyl halides is 3. The van der Waals surface area contributed by atoms with Gasteiger partial charge in [-0.15, -0.1) is 4.80 Å². The summed E-state index contributed by atoms with van der Waals surface area (Å²) in [5, 5.41) is 11.3. The highest BCUT2D eigenvalue weighted by atomic mass is 19.4. The molecule has 1 amide bonds. The van der Waals surface area contributed by atoms with Gasteiger partial charge in [0.25, 0.3) is 5.91 Å². The second-order valence-electron chi connectivity index (χ2n) is 8.38. The summed E-state index contributed by atoms with van der Waals surface area (Å²) < 4.78 is 44.7. The van der Waals surface area contributed by atoms with Gasteiger partial charge in [-0.1, -0.05) is 0 Å². The number of hydrogen-bond acceptors (Lipinski definition) is 8. The normalized spacial score (nSPS) is 20.7. The molecule has 1 saturated heterocycles. The van der Waals surface area contributed by atoms with Crippen molar-refractivity contribution in [2.75, 3.05) is 18.4 Å². The van der Waals surface area contributed by atoms with E-state index < -0.39 is 17.9 Å². The van der Waals surface area contributed by atoms with Crippen LogP contribution in [-0.2, 0) is 10.9 Å². The summed E-state index contributed by atoms with van der Waals surface area (Å²) in [5.74, 6) is -0.128. The number of pyridine rings is 1. The van der Waals surface area contributed by atoms with Gasteiger partial charge < -0.3 is 15.0 Å². The van der Waals surface area contributed by atoms with E-state index in [9.17, 15) is 18.0 Å². The average Bonchev–Trinajstić information content (AvgIpc) is 3.32. The fourth-order valence-corrected chi connectivity index (χ4v) is 4.01. The number of amides is 1. The number of aromatic nitrogens is 6.